The van der Waals surface area contributed by atoms with Gasteiger partial charge in [0.2, 0.25) is 0 Å². The summed E-state index contributed by atoms with van der Waals surface area (Å²) in [6, 6.07) is 0. The van der Waals surface area contributed by atoms with Crippen LogP contribution in [0.25, 0.3) is 0 Å². The lowest BCUT2D eigenvalue weighted by Crippen LogP contribution is -2.51. The molecule has 0 amide bonds. The smallest absolute Gasteiger partial charge is 0.325 e. The van der Waals surface area contributed by atoms with Gasteiger partial charge in [-0.2, -0.15) is 0 Å². The van der Waals surface area contributed by atoms with Crippen molar-refractivity contribution in [1.82, 2.24) is 5.32 Å². The third kappa shape index (κ3) is 4.74. The van der Waals surface area contributed by atoms with E-state index >= 15 is 0 Å². The molecule has 0 aromatic rings. The highest BCUT2D eigenvalue weighted by Crippen LogP contribution is 2.29. The van der Waals surface area contributed by atoms with Crippen LogP contribution in [0.3, 0.4) is 0 Å². The first-order valence-corrected chi connectivity index (χ1v) is 8.02. The van der Waals surface area contributed by atoms with E-state index in [1.54, 1.807) is 0 Å². The Bertz CT molecular complexity index is 295. The number of ether oxygens (including phenoxy) is 2. The van der Waals surface area contributed by atoms with E-state index in [1.165, 1.54) is 32.8 Å². The van der Waals surface area contributed by atoms with Gasteiger partial charge in [0.25, 0.3) is 0 Å². The Kier molecular flexibility index (Phi) is 7.52. The van der Waals surface area contributed by atoms with Crippen molar-refractivity contribution in [2.45, 2.75) is 70.9 Å². The van der Waals surface area contributed by atoms with Crippen LogP contribution in [-0.2, 0) is 14.3 Å². The molecular weight excluding hydrogens is 254 g/mol. The minimum absolute atomic E-state index is 0.210. The van der Waals surface area contributed by atoms with Crippen LogP contribution in [-0.4, -0.2) is 37.9 Å². The Morgan fingerprint density at radius 3 is 2.60 bits per heavy atom. The van der Waals surface area contributed by atoms with E-state index in [0.717, 1.165) is 13.0 Å². The number of methoxy groups -OCH3 is 1. The van der Waals surface area contributed by atoms with Crippen molar-refractivity contribution in [3.63, 3.8) is 0 Å². The lowest BCUT2D eigenvalue weighted by molar-refractivity contribution is -0.149. The summed E-state index contributed by atoms with van der Waals surface area (Å²) in [5.74, 6) is 0.478. The van der Waals surface area contributed by atoms with Gasteiger partial charge < -0.3 is 14.8 Å². The second-order valence-corrected chi connectivity index (χ2v) is 5.97. The second kappa shape index (κ2) is 8.63. The first kappa shape index (κ1) is 17.4. The number of rotatable bonds is 8. The van der Waals surface area contributed by atoms with E-state index < -0.39 is 5.54 Å². The standard InChI is InChI=1S/C16H31NO3/c1-5-13-9-7-8-10-14(13)20-12-11-16(3,17-6-2)15(18)19-4/h13-14,17H,5-12H2,1-4H3. The van der Waals surface area contributed by atoms with Crippen LogP contribution in [0.5, 0.6) is 0 Å². The molecule has 0 saturated heterocycles. The Morgan fingerprint density at radius 2 is 2.00 bits per heavy atom. The van der Waals surface area contributed by atoms with Gasteiger partial charge >= 0.3 is 5.97 Å². The van der Waals surface area contributed by atoms with E-state index in [1.807, 2.05) is 13.8 Å². The van der Waals surface area contributed by atoms with Gasteiger partial charge in [0, 0.05) is 6.61 Å². The maximum Gasteiger partial charge on any atom is 0.325 e. The van der Waals surface area contributed by atoms with Crippen molar-refractivity contribution in [3.05, 3.63) is 0 Å². The summed E-state index contributed by atoms with van der Waals surface area (Å²) in [5.41, 5.74) is -0.639. The van der Waals surface area contributed by atoms with E-state index in [0.29, 0.717) is 25.0 Å². The maximum absolute atomic E-state index is 11.9. The summed E-state index contributed by atoms with van der Waals surface area (Å²) in [4.78, 5) is 11.9. The summed E-state index contributed by atoms with van der Waals surface area (Å²) in [6.07, 6.45) is 7.25. The normalized spacial score (nSPS) is 26.0. The molecule has 1 saturated carbocycles. The molecule has 0 bridgehead atoms. The molecule has 118 valence electrons. The minimum Gasteiger partial charge on any atom is -0.468 e. The average Bonchev–Trinajstić information content (AvgIpc) is 2.47. The van der Waals surface area contributed by atoms with Gasteiger partial charge in [0.1, 0.15) is 5.54 Å². The zero-order valence-electron chi connectivity index (χ0n) is 13.5. The molecule has 1 aliphatic carbocycles. The molecule has 1 rings (SSSR count). The Labute approximate surface area is 123 Å². The van der Waals surface area contributed by atoms with Crippen LogP contribution in [0.1, 0.15) is 59.3 Å². The summed E-state index contributed by atoms with van der Waals surface area (Å²) in [6.45, 7) is 7.48. The second-order valence-electron chi connectivity index (χ2n) is 5.97. The summed E-state index contributed by atoms with van der Waals surface area (Å²) in [5, 5.41) is 3.22. The third-order valence-electron chi connectivity index (χ3n) is 4.50. The Hall–Kier alpha value is -0.610. The molecule has 3 unspecified atom stereocenters. The van der Waals surface area contributed by atoms with Crippen LogP contribution in [0, 0.1) is 5.92 Å². The molecule has 0 heterocycles. The van der Waals surface area contributed by atoms with E-state index in [4.69, 9.17) is 9.47 Å². The summed E-state index contributed by atoms with van der Waals surface area (Å²) in [7, 11) is 1.44. The largest absolute Gasteiger partial charge is 0.468 e. The third-order valence-corrected chi connectivity index (χ3v) is 4.50. The van der Waals surface area contributed by atoms with Gasteiger partial charge in [0.15, 0.2) is 0 Å². The number of hydrogen-bond donors (Lipinski definition) is 1. The van der Waals surface area contributed by atoms with Crippen LogP contribution in [0.2, 0.25) is 0 Å². The van der Waals surface area contributed by atoms with Crippen molar-refractivity contribution >= 4 is 5.97 Å². The molecule has 1 aliphatic rings. The molecule has 4 nitrogen and oxygen atoms in total. The first-order chi connectivity index (χ1) is 9.57. The highest BCUT2D eigenvalue weighted by atomic mass is 16.5. The first-order valence-electron chi connectivity index (χ1n) is 8.02. The molecule has 0 aromatic carbocycles. The lowest BCUT2D eigenvalue weighted by Gasteiger charge is -2.33. The molecule has 0 spiro atoms. The predicted molar refractivity (Wildman–Crippen MR) is 80.7 cm³/mol. The van der Waals surface area contributed by atoms with Crippen LogP contribution < -0.4 is 5.32 Å². The fraction of sp³-hybridized carbons (Fsp3) is 0.938. The highest BCUT2D eigenvalue weighted by molar-refractivity contribution is 5.80. The highest BCUT2D eigenvalue weighted by Gasteiger charge is 2.34. The Morgan fingerprint density at radius 1 is 1.30 bits per heavy atom. The number of carbonyl (C=O) groups is 1. The summed E-state index contributed by atoms with van der Waals surface area (Å²) < 4.78 is 11.0. The Balaban J connectivity index is 2.45. The molecule has 0 radical (unpaired) electrons. The van der Waals surface area contributed by atoms with Crippen molar-refractivity contribution in [3.8, 4) is 0 Å². The predicted octanol–water partition coefficient (Wildman–Crippen LogP) is 2.90. The topological polar surface area (TPSA) is 47.6 Å². The number of hydrogen-bond acceptors (Lipinski definition) is 4. The monoisotopic (exact) mass is 285 g/mol. The quantitative estimate of drug-likeness (QED) is 0.697. The van der Waals surface area contributed by atoms with Gasteiger partial charge in [-0.3, -0.25) is 4.79 Å². The van der Waals surface area contributed by atoms with Crippen molar-refractivity contribution in [2.24, 2.45) is 5.92 Å². The zero-order valence-corrected chi connectivity index (χ0v) is 13.5. The maximum atomic E-state index is 11.9. The van der Waals surface area contributed by atoms with Crippen molar-refractivity contribution < 1.29 is 14.3 Å². The van der Waals surface area contributed by atoms with Crippen molar-refractivity contribution in [1.29, 1.82) is 0 Å². The van der Waals surface area contributed by atoms with Crippen molar-refractivity contribution in [2.75, 3.05) is 20.3 Å². The average molecular weight is 285 g/mol. The number of likely N-dealkylation sites (N-methyl/N-ethyl adjacent to an activating group) is 1. The van der Waals surface area contributed by atoms with Crippen LogP contribution in [0.15, 0.2) is 0 Å². The number of esters is 1. The molecule has 0 aliphatic heterocycles. The fourth-order valence-electron chi connectivity index (χ4n) is 3.15. The minimum atomic E-state index is -0.639. The zero-order chi connectivity index (χ0) is 15.0. The van der Waals surface area contributed by atoms with Gasteiger partial charge in [-0.15, -0.1) is 0 Å². The van der Waals surface area contributed by atoms with Gasteiger partial charge in [-0.25, -0.2) is 0 Å². The van der Waals surface area contributed by atoms with Gasteiger partial charge in [-0.1, -0.05) is 33.1 Å². The lowest BCUT2D eigenvalue weighted by atomic mass is 9.84. The SMILES string of the molecule is CCNC(C)(CCOC1CCCCC1CC)C(=O)OC. The van der Waals surface area contributed by atoms with Crippen LogP contribution in [0.4, 0.5) is 0 Å². The summed E-state index contributed by atoms with van der Waals surface area (Å²) >= 11 is 0. The molecule has 20 heavy (non-hydrogen) atoms. The molecule has 4 heteroatoms. The molecule has 3 atom stereocenters. The molecule has 1 N–H and O–H groups in total. The van der Waals surface area contributed by atoms with Gasteiger partial charge in [-0.05, 0) is 38.6 Å². The van der Waals surface area contributed by atoms with Crippen LogP contribution >= 0.6 is 0 Å². The molecular formula is C16H31NO3. The molecule has 0 aromatic heterocycles. The van der Waals surface area contributed by atoms with E-state index in [9.17, 15) is 4.79 Å². The van der Waals surface area contributed by atoms with Gasteiger partial charge in [0.05, 0.1) is 13.2 Å². The fourth-order valence-corrected chi connectivity index (χ4v) is 3.15. The number of carbonyl (C=O) groups excluding carboxylic acids is 1. The molecule has 1 fully saturated rings. The number of nitrogens with one attached hydrogen (secondary N) is 1. The van der Waals surface area contributed by atoms with E-state index in [2.05, 4.69) is 12.2 Å². The van der Waals surface area contributed by atoms with E-state index in [-0.39, 0.29) is 5.97 Å².